The number of carbonyl (C=O) groups excluding carboxylic acids is 1. The molecule has 4 atom stereocenters. The number of carbonyl (C=O) groups is 1. The lowest BCUT2D eigenvalue weighted by atomic mass is 10.1. The molecule has 0 unspecified atom stereocenters. The monoisotopic (exact) mass is 494 g/mol. The van der Waals surface area contributed by atoms with Crippen LogP contribution in [0.25, 0.3) is 0 Å². The number of amides is 1. The maximum absolute atomic E-state index is 13.1. The second kappa shape index (κ2) is 10.1. The zero-order valence-corrected chi connectivity index (χ0v) is 19.7. The summed E-state index contributed by atoms with van der Waals surface area (Å²) in [6, 6.07) is 10.6. The minimum Gasteiger partial charge on any atom is -0.497 e. The third-order valence-electron chi connectivity index (χ3n) is 5.57. The van der Waals surface area contributed by atoms with Crippen LogP contribution in [0.5, 0.6) is 17.2 Å². The molecule has 0 radical (unpaired) electrons. The average Bonchev–Trinajstić information content (AvgIpc) is 3.42. The Bertz CT molecular complexity index is 1120. The van der Waals surface area contributed by atoms with E-state index in [0.29, 0.717) is 17.2 Å². The molecule has 0 aromatic heterocycles. The van der Waals surface area contributed by atoms with Crippen molar-refractivity contribution >= 4 is 21.8 Å². The Morgan fingerprint density at radius 3 is 2.26 bits per heavy atom. The van der Waals surface area contributed by atoms with E-state index in [0.717, 1.165) is 0 Å². The predicted octanol–water partition coefficient (Wildman–Crippen LogP) is 1.77. The number of methoxy groups -OCH3 is 3. The molecule has 12 heteroatoms. The maximum Gasteiger partial charge on any atom is 0.412 e. The van der Waals surface area contributed by atoms with Gasteiger partial charge in [0.1, 0.15) is 34.4 Å². The second-order valence-electron chi connectivity index (χ2n) is 7.64. The van der Waals surface area contributed by atoms with Crippen LogP contribution in [-0.2, 0) is 24.2 Å². The fourth-order valence-electron chi connectivity index (χ4n) is 3.88. The summed E-state index contributed by atoms with van der Waals surface area (Å²) in [6.45, 7) is 0.132. The summed E-state index contributed by atoms with van der Waals surface area (Å²) in [7, 11) is 0.387. The molecule has 2 aliphatic rings. The highest BCUT2D eigenvalue weighted by atomic mass is 32.2. The number of rotatable bonds is 8. The van der Waals surface area contributed by atoms with Gasteiger partial charge in [0.05, 0.1) is 40.6 Å². The van der Waals surface area contributed by atoms with Crippen LogP contribution in [0.15, 0.2) is 47.4 Å². The molecule has 0 saturated carbocycles. The standard InChI is InChI=1S/C22H26N2O9S/c1-28-14-6-4-13(5-7-14)23-22(25)33-18-12-32-20-16(11-31-21(18)20)24-34(26,27)19-10-15(29-2)8-9-17(19)30-3/h4-10,16,18,20-21,24H,11-12H2,1-3H3,(H,23,25)/t16-,18-,20-,21+/m0/s1. The van der Waals surface area contributed by atoms with Crippen molar-refractivity contribution in [3.8, 4) is 17.2 Å². The third kappa shape index (κ3) is 5.04. The van der Waals surface area contributed by atoms with Crippen molar-refractivity contribution in [3.63, 3.8) is 0 Å². The van der Waals surface area contributed by atoms with E-state index in [1.807, 2.05) is 0 Å². The summed E-state index contributed by atoms with van der Waals surface area (Å²) in [4.78, 5) is 12.3. The summed E-state index contributed by atoms with van der Waals surface area (Å²) in [5.74, 6) is 1.20. The molecule has 184 valence electrons. The first-order valence-corrected chi connectivity index (χ1v) is 11.9. The zero-order valence-electron chi connectivity index (χ0n) is 18.8. The highest BCUT2D eigenvalue weighted by Crippen LogP contribution is 2.32. The van der Waals surface area contributed by atoms with Gasteiger partial charge in [-0.25, -0.2) is 17.9 Å². The largest absolute Gasteiger partial charge is 0.497 e. The van der Waals surface area contributed by atoms with Crippen molar-refractivity contribution < 1.29 is 41.6 Å². The molecule has 2 fully saturated rings. The molecule has 2 aliphatic heterocycles. The van der Waals surface area contributed by atoms with Gasteiger partial charge in [0.2, 0.25) is 10.0 Å². The van der Waals surface area contributed by atoms with Crippen LogP contribution in [-0.4, -0.2) is 73.4 Å². The van der Waals surface area contributed by atoms with Crippen LogP contribution in [0.2, 0.25) is 0 Å². The number of sulfonamides is 1. The van der Waals surface area contributed by atoms with Crippen LogP contribution in [0.4, 0.5) is 10.5 Å². The Morgan fingerprint density at radius 2 is 1.59 bits per heavy atom. The lowest BCUT2D eigenvalue weighted by molar-refractivity contribution is 0.00883. The Morgan fingerprint density at radius 1 is 0.912 bits per heavy atom. The molecular formula is C22H26N2O9S. The minimum atomic E-state index is -3.99. The zero-order chi connectivity index (χ0) is 24.3. The van der Waals surface area contributed by atoms with Crippen molar-refractivity contribution in [1.82, 2.24) is 4.72 Å². The summed E-state index contributed by atoms with van der Waals surface area (Å²) in [5.41, 5.74) is 0.534. The molecule has 2 aromatic carbocycles. The lowest BCUT2D eigenvalue weighted by Gasteiger charge is -2.19. The Balaban J connectivity index is 1.38. The van der Waals surface area contributed by atoms with Gasteiger partial charge in [-0.3, -0.25) is 5.32 Å². The number of nitrogens with one attached hydrogen (secondary N) is 2. The summed E-state index contributed by atoms with van der Waals surface area (Å²) in [5, 5.41) is 2.63. The number of anilines is 1. The molecule has 1 amide bonds. The maximum atomic E-state index is 13.1. The van der Waals surface area contributed by atoms with Crippen molar-refractivity contribution in [2.75, 3.05) is 39.9 Å². The van der Waals surface area contributed by atoms with E-state index in [2.05, 4.69) is 10.0 Å². The quantitative estimate of drug-likeness (QED) is 0.564. The van der Waals surface area contributed by atoms with Gasteiger partial charge < -0.3 is 28.4 Å². The van der Waals surface area contributed by atoms with Crippen molar-refractivity contribution in [1.29, 1.82) is 0 Å². The Hall–Kier alpha value is -3.06. The van der Waals surface area contributed by atoms with Crippen molar-refractivity contribution in [3.05, 3.63) is 42.5 Å². The second-order valence-corrected chi connectivity index (χ2v) is 9.32. The van der Waals surface area contributed by atoms with Crippen molar-refractivity contribution in [2.45, 2.75) is 29.2 Å². The fraction of sp³-hybridized carbons (Fsp3) is 0.409. The molecule has 11 nitrogen and oxygen atoms in total. The predicted molar refractivity (Wildman–Crippen MR) is 120 cm³/mol. The van der Waals surface area contributed by atoms with Crippen LogP contribution < -0.4 is 24.2 Å². The van der Waals surface area contributed by atoms with Crippen LogP contribution in [0, 0.1) is 0 Å². The molecule has 2 saturated heterocycles. The van der Waals surface area contributed by atoms with Gasteiger partial charge >= 0.3 is 6.09 Å². The lowest BCUT2D eigenvalue weighted by Crippen LogP contribution is -2.44. The van der Waals surface area contributed by atoms with Crippen LogP contribution in [0.1, 0.15) is 0 Å². The van der Waals surface area contributed by atoms with Gasteiger partial charge in [-0.15, -0.1) is 0 Å². The SMILES string of the molecule is COc1ccc(NC(=O)O[C@H]2CO[C@@H]3[C@@H]2OC[C@@H]3NS(=O)(=O)c2cc(OC)ccc2OC)cc1. The molecular weight excluding hydrogens is 468 g/mol. The van der Waals surface area contributed by atoms with Gasteiger partial charge in [-0.1, -0.05) is 0 Å². The van der Waals surface area contributed by atoms with E-state index in [1.165, 1.54) is 26.4 Å². The molecule has 0 spiro atoms. The summed E-state index contributed by atoms with van der Waals surface area (Å²) >= 11 is 0. The Kier molecular flexibility index (Phi) is 7.12. The number of hydrogen-bond acceptors (Lipinski definition) is 9. The van der Waals surface area contributed by atoms with Crippen LogP contribution >= 0.6 is 0 Å². The van der Waals surface area contributed by atoms with Gasteiger partial charge in [0.25, 0.3) is 0 Å². The normalized spacial score (nSPS) is 23.7. The van der Waals surface area contributed by atoms with E-state index < -0.39 is 40.5 Å². The molecule has 34 heavy (non-hydrogen) atoms. The minimum absolute atomic E-state index is 0.0564. The van der Waals surface area contributed by atoms with E-state index in [-0.39, 0.29) is 23.9 Å². The molecule has 0 aliphatic carbocycles. The molecule has 0 bridgehead atoms. The molecule has 2 heterocycles. The van der Waals surface area contributed by atoms with Crippen LogP contribution in [0.3, 0.4) is 0 Å². The number of hydrogen-bond donors (Lipinski definition) is 2. The first-order valence-electron chi connectivity index (χ1n) is 10.4. The van der Waals surface area contributed by atoms with E-state index in [4.69, 9.17) is 28.4 Å². The molecule has 4 rings (SSSR count). The number of fused-ring (bicyclic) bond motifs is 1. The topological polar surface area (TPSA) is 131 Å². The van der Waals surface area contributed by atoms with Crippen molar-refractivity contribution in [2.24, 2.45) is 0 Å². The Labute approximate surface area is 197 Å². The molecule has 2 aromatic rings. The number of ether oxygens (including phenoxy) is 6. The van der Waals surface area contributed by atoms with Gasteiger partial charge in [-0.05, 0) is 36.4 Å². The fourth-order valence-corrected chi connectivity index (χ4v) is 5.30. The average molecular weight is 495 g/mol. The number of benzene rings is 2. The highest BCUT2D eigenvalue weighted by molar-refractivity contribution is 7.89. The van der Waals surface area contributed by atoms with E-state index in [9.17, 15) is 13.2 Å². The third-order valence-corrected chi connectivity index (χ3v) is 7.08. The summed E-state index contributed by atoms with van der Waals surface area (Å²) < 4.78 is 61.1. The molecule has 2 N–H and O–H groups in total. The van der Waals surface area contributed by atoms with E-state index in [1.54, 1.807) is 37.4 Å². The smallest absolute Gasteiger partial charge is 0.412 e. The van der Waals surface area contributed by atoms with Gasteiger partial charge in [0, 0.05) is 11.8 Å². The highest BCUT2D eigenvalue weighted by Gasteiger charge is 2.50. The van der Waals surface area contributed by atoms with Gasteiger partial charge in [-0.2, -0.15) is 0 Å². The first-order chi connectivity index (χ1) is 16.3. The van der Waals surface area contributed by atoms with Gasteiger partial charge in [0.15, 0.2) is 6.10 Å². The first kappa shape index (κ1) is 24.1. The summed E-state index contributed by atoms with van der Waals surface area (Å²) in [6.07, 6.45) is -2.59. The van der Waals surface area contributed by atoms with E-state index >= 15 is 0 Å².